The van der Waals surface area contributed by atoms with Gasteiger partial charge in [-0.15, -0.1) is 0 Å². The molecule has 0 aliphatic rings. The predicted octanol–water partition coefficient (Wildman–Crippen LogP) is 4.06. The Morgan fingerprint density at radius 3 is 2.18 bits per heavy atom. The summed E-state index contributed by atoms with van der Waals surface area (Å²) in [6, 6.07) is 23.9. The van der Waals surface area contributed by atoms with Gasteiger partial charge in [-0.25, -0.2) is 0 Å². The van der Waals surface area contributed by atoms with E-state index in [2.05, 4.69) is 17.9 Å². The number of carboxylic acid groups (broad SMARTS) is 1. The zero-order valence-corrected chi connectivity index (χ0v) is 16.1. The highest BCUT2D eigenvalue weighted by atomic mass is 32.1. The molecule has 2 N–H and O–H groups in total. The van der Waals surface area contributed by atoms with Gasteiger partial charge in [-0.05, 0) is 16.7 Å². The zero-order chi connectivity index (χ0) is 19.9. The number of ketones is 1. The van der Waals surface area contributed by atoms with Crippen LogP contribution in [-0.4, -0.2) is 28.7 Å². The molecule has 4 nitrogen and oxygen atoms in total. The fourth-order valence-electron chi connectivity index (χ4n) is 2.95. The van der Waals surface area contributed by atoms with E-state index in [4.69, 9.17) is 5.11 Å². The van der Waals surface area contributed by atoms with E-state index in [9.17, 15) is 9.59 Å². The number of benzene rings is 3. The number of carbonyl (C=O) groups excluding carboxylic acids is 1. The van der Waals surface area contributed by atoms with Crippen LogP contribution >= 0.6 is 12.6 Å². The van der Waals surface area contributed by atoms with Gasteiger partial charge in [-0.1, -0.05) is 78.9 Å². The van der Waals surface area contributed by atoms with E-state index in [0.717, 1.165) is 16.7 Å². The Morgan fingerprint density at radius 1 is 0.893 bits per heavy atom. The average molecular weight is 391 g/mol. The third kappa shape index (κ3) is 4.68. The predicted molar refractivity (Wildman–Crippen MR) is 114 cm³/mol. The van der Waals surface area contributed by atoms with Crippen LogP contribution in [-0.2, 0) is 11.3 Å². The number of carboxylic acids is 1. The lowest BCUT2D eigenvalue weighted by molar-refractivity contribution is -0.138. The molecule has 0 saturated heterocycles. The molecule has 3 rings (SSSR count). The van der Waals surface area contributed by atoms with E-state index < -0.39 is 12.0 Å². The summed E-state index contributed by atoms with van der Waals surface area (Å²) in [7, 11) is 0. The number of nitrogens with one attached hydrogen (secondary N) is 1. The van der Waals surface area contributed by atoms with Gasteiger partial charge >= 0.3 is 5.97 Å². The fourth-order valence-corrected chi connectivity index (χ4v) is 3.24. The van der Waals surface area contributed by atoms with Gasteiger partial charge < -0.3 is 5.11 Å². The maximum atomic E-state index is 13.1. The fraction of sp³-hybridized carbons (Fsp3) is 0.130. The first-order chi connectivity index (χ1) is 13.6. The van der Waals surface area contributed by atoms with Crippen molar-refractivity contribution in [1.29, 1.82) is 0 Å². The van der Waals surface area contributed by atoms with Crippen LogP contribution < -0.4 is 5.32 Å². The Bertz CT molecular complexity index is 955. The van der Waals surface area contributed by atoms with Crippen LogP contribution in [0, 0.1) is 0 Å². The van der Waals surface area contributed by atoms with E-state index in [0.29, 0.717) is 17.7 Å². The van der Waals surface area contributed by atoms with E-state index in [1.54, 1.807) is 12.1 Å². The highest BCUT2D eigenvalue weighted by Gasteiger charge is 2.16. The van der Waals surface area contributed by atoms with Crippen LogP contribution in [0.5, 0.6) is 0 Å². The molecule has 0 amide bonds. The summed E-state index contributed by atoms with van der Waals surface area (Å²) >= 11 is 4.04. The van der Waals surface area contributed by atoms with Crippen molar-refractivity contribution in [3.05, 3.63) is 95.6 Å². The van der Waals surface area contributed by atoms with Crippen molar-refractivity contribution in [3.63, 3.8) is 0 Å². The smallest absolute Gasteiger partial charge is 0.321 e. The van der Waals surface area contributed by atoms with E-state index in [-0.39, 0.29) is 11.5 Å². The molecule has 0 aromatic heterocycles. The lowest BCUT2D eigenvalue weighted by atomic mass is 9.93. The molecule has 0 aliphatic carbocycles. The van der Waals surface area contributed by atoms with E-state index in [1.165, 1.54) is 0 Å². The van der Waals surface area contributed by atoms with Crippen LogP contribution in [0.15, 0.2) is 78.9 Å². The Morgan fingerprint density at radius 2 is 1.54 bits per heavy atom. The van der Waals surface area contributed by atoms with Gasteiger partial charge in [0.15, 0.2) is 5.78 Å². The third-order valence-corrected chi connectivity index (χ3v) is 4.87. The second-order valence-electron chi connectivity index (χ2n) is 6.39. The molecule has 5 heteroatoms. The summed E-state index contributed by atoms with van der Waals surface area (Å²) in [6.45, 7) is 0.395. The second kappa shape index (κ2) is 9.35. The normalized spacial score (nSPS) is 11.8. The highest BCUT2D eigenvalue weighted by Crippen LogP contribution is 2.25. The Kier molecular flexibility index (Phi) is 6.63. The maximum Gasteiger partial charge on any atom is 0.321 e. The third-order valence-electron chi connectivity index (χ3n) is 4.51. The van der Waals surface area contributed by atoms with Crippen molar-refractivity contribution in [2.24, 2.45) is 0 Å². The van der Waals surface area contributed by atoms with Crippen molar-refractivity contribution >= 4 is 24.4 Å². The molecule has 0 heterocycles. The number of rotatable bonds is 8. The molecule has 1 atom stereocenters. The molecule has 142 valence electrons. The van der Waals surface area contributed by atoms with Gasteiger partial charge in [0.1, 0.15) is 6.04 Å². The first-order valence-corrected chi connectivity index (χ1v) is 9.58. The van der Waals surface area contributed by atoms with Crippen molar-refractivity contribution < 1.29 is 14.7 Å². The second-order valence-corrected chi connectivity index (χ2v) is 6.76. The summed E-state index contributed by atoms with van der Waals surface area (Å²) in [6.07, 6.45) is 0. The standard InChI is InChI=1S/C23H21NO3S/c25-22(20-9-5-4-8-19(20)17-6-2-1-3-7-17)18-12-10-16(11-13-18)14-24-21(15-28)23(26)27/h1-13,21,24,28H,14-15H2,(H,26,27). The van der Waals surface area contributed by atoms with Gasteiger partial charge in [0.05, 0.1) is 0 Å². The SMILES string of the molecule is O=C(c1ccc(CNC(CS)C(=O)O)cc1)c1ccccc1-c1ccccc1. The number of carbonyl (C=O) groups is 2. The maximum absolute atomic E-state index is 13.1. The zero-order valence-electron chi connectivity index (χ0n) is 15.2. The Hall–Kier alpha value is -2.89. The van der Waals surface area contributed by atoms with Crippen LogP contribution in [0.2, 0.25) is 0 Å². The Labute approximate surface area is 169 Å². The molecule has 0 fully saturated rings. The van der Waals surface area contributed by atoms with Gasteiger partial charge in [-0.2, -0.15) is 12.6 Å². The number of hydrogen-bond acceptors (Lipinski definition) is 4. The van der Waals surface area contributed by atoms with Crippen molar-refractivity contribution in [1.82, 2.24) is 5.32 Å². The summed E-state index contributed by atoms with van der Waals surface area (Å²) in [5.74, 6) is -0.764. The van der Waals surface area contributed by atoms with Crippen LogP contribution in [0.3, 0.4) is 0 Å². The molecule has 3 aromatic carbocycles. The molecule has 3 aromatic rings. The molecule has 1 unspecified atom stereocenters. The van der Waals surface area contributed by atoms with Crippen LogP contribution in [0.1, 0.15) is 21.5 Å². The summed E-state index contributed by atoms with van der Waals surface area (Å²) in [5.41, 5.74) is 4.05. The summed E-state index contributed by atoms with van der Waals surface area (Å²) < 4.78 is 0. The van der Waals surface area contributed by atoms with Crippen LogP contribution in [0.25, 0.3) is 11.1 Å². The molecule has 28 heavy (non-hydrogen) atoms. The molecular weight excluding hydrogens is 370 g/mol. The minimum Gasteiger partial charge on any atom is -0.480 e. The molecule has 0 aliphatic heterocycles. The van der Waals surface area contributed by atoms with Crippen molar-refractivity contribution in [2.75, 3.05) is 5.75 Å². The largest absolute Gasteiger partial charge is 0.480 e. The average Bonchev–Trinajstić information content (AvgIpc) is 2.74. The van der Waals surface area contributed by atoms with E-state index in [1.807, 2.05) is 66.7 Å². The van der Waals surface area contributed by atoms with Crippen molar-refractivity contribution in [3.8, 4) is 11.1 Å². The molecule has 0 radical (unpaired) electrons. The van der Waals surface area contributed by atoms with Crippen LogP contribution in [0.4, 0.5) is 0 Å². The van der Waals surface area contributed by atoms with Crippen molar-refractivity contribution in [2.45, 2.75) is 12.6 Å². The molecule has 0 bridgehead atoms. The molecule has 0 saturated carbocycles. The number of aliphatic carboxylic acids is 1. The number of hydrogen-bond donors (Lipinski definition) is 3. The minimum atomic E-state index is -0.931. The first-order valence-electron chi connectivity index (χ1n) is 8.95. The summed E-state index contributed by atoms with van der Waals surface area (Å²) in [4.78, 5) is 24.1. The Balaban J connectivity index is 1.78. The lowest BCUT2D eigenvalue weighted by Crippen LogP contribution is -2.37. The number of thiol groups is 1. The monoisotopic (exact) mass is 391 g/mol. The highest BCUT2D eigenvalue weighted by molar-refractivity contribution is 7.80. The summed E-state index contributed by atoms with van der Waals surface area (Å²) in [5, 5.41) is 12.0. The van der Waals surface area contributed by atoms with Gasteiger partial charge in [0.2, 0.25) is 0 Å². The van der Waals surface area contributed by atoms with Gasteiger partial charge in [0.25, 0.3) is 0 Å². The van der Waals surface area contributed by atoms with Gasteiger partial charge in [-0.3, -0.25) is 14.9 Å². The topological polar surface area (TPSA) is 66.4 Å². The van der Waals surface area contributed by atoms with E-state index >= 15 is 0 Å². The molecule has 0 spiro atoms. The first kappa shape index (κ1) is 19.9. The lowest BCUT2D eigenvalue weighted by Gasteiger charge is -2.12. The molecular formula is C23H21NO3S. The van der Waals surface area contributed by atoms with Gasteiger partial charge in [0, 0.05) is 23.4 Å². The minimum absolute atomic E-state index is 0.0438. The quantitative estimate of drug-likeness (QED) is 0.400.